The molecule has 0 radical (unpaired) electrons. The number of aryl methyl sites for hydroxylation is 1. The van der Waals surface area contributed by atoms with Gasteiger partial charge < -0.3 is 15.6 Å². The molecule has 0 aromatic carbocycles. The molecule has 7 nitrogen and oxygen atoms in total. The molecule has 4 rings (SSSR count). The SMILES string of the molecule is C[C@@H]1CCc2c(sc(NC(=O)CSc3nnc4n3CCCCC4)c2C(N)=O)C1. The summed E-state index contributed by atoms with van der Waals surface area (Å²) >= 11 is 2.89. The molecule has 3 heterocycles. The number of carbonyl (C=O) groups excluding carboxylic acids is 2. The number of thioether (sulfide) groups is 1. The Morgan fingerprint density at radius 1 is 1.29 bits per heavy atom. The summed E-state index contributed by atoms with van der Waals surface area (Å²) < 4.78 is 2.13. The van der Waals surface area contributed by atoms with E-state index >= 15 is 0 Å². The molecule has 1 aliphatic heterocycles. The highest BCUT2D eigenvalue weighted by Gasteiger charge is 2.27. The number of hydrogen-bond acceptors (Lipinski definition) is 6. The number of nitrogens with one attached hydrogen (secondary N) is 1. The number of rotatable bonds is 5. The molecule has 0 bridgehead atoms. The van der Waals surface area contributed by atoms with Crippen molar-refractivity contribution in [3.8, 4) is 0 Å². The van der Waals surface area contributed by atoms with Crippen molar-refractivity contribution in [2.45, 2.75) is 63.6 Å². The lowest BCUT2D eigenvalue weighted by Gasteiger charge is -2.18. The van der Waals surface area contributed by atoms with Gasteiger partial charge in [0.15, 0.2) is 5.16 Å². The van der Waals surface area contributed by atoms with Crippen molar-refractivity contribution in [3.05, 3.63) is 21.8 Å². The van der Waals surface area contributed by atoms with E-state index in [4.69, 9.17) is 5.73 Å². The highest BCUT2D eigenvalue weighted by atomic mass is 32.2. The van der Waals surface area contributed by atoms with E-state index in [1.807, 2.05) is 0 Å². The Labute approximate surface area is 172 Å². The van der Waals surface area contributed by atoms with E-state index in [-0.39, 0.29) is 11.7 Å². The minimum absolute atomic E-state index is 0.148. The molecule has 1 atom stereocenters. The van der Waals surface area contributed by atoms with Gasteiger partial charge in [0.05, 0.1) is 11.3 Å². The van der Waals surface area contributed by atoms with Gasteiger partial charge >= 0.3 is 0 Å². The summed E-state index contributed by atoms with van der Waals surface area (Å²) in [6.07, 6.45) is 7.24. The Morgan fingerprint density at radius 2 is 2.14 bits per heavy atom. The summed E-state index contributed by atoms with van der Waals surface area (Å²) in [5, 5.41) is 12.8. The summed E-state index contributed by atoms with van der Waals surface area (Å²) in [5.41, 5.74) is 7.16. The van der Waals surface area contributed by atoms with Crippen LogP contribution in [0.2, 0.25) is 0 Å². The largest absolute Gasteiger partial charge is 0.365 e. The number of aromatic nitrogens is 3. The van der Waals surface area contributed by atoms with Gasteiger partial charge in [0.2, 0.25) is 5.91 Å². The van der Waals surface area contributed by atoms with Crippen LogP contribution in [0.5, 0.6) is 0 Å². The standard InChI is InChI=1S/C19H25N5O2S2/c1-11-6-7-12-13(9-11)28-18(16(12)17(20)26)21-15(25)10-27-19-23-22-14-5-3-2-4-8-24(14)19/h11H,2-10H2,1H3,(H2,20,26)(H,21,25)/t11-/m1/s1. The quantitative estimate of drug-likeness (QED) is 0.725. The zero-order chi connectivity index (χ0) is 19.7. The summed E-state index contributed by atoms with van der Waals surface area (Å²) in [7, 11) is 0. The Hall–Kier alpha value is -1.87. The van der Waals surface area contributed by atoms with Gasteiger partial charge in [-0.15, -0.1) is 21.5 Å². The average molecular weight is 420 g/mol. The number of amides is 2. The van der Waals surface area contributed by atoms with E-state index in [1.54, 1.807) is 0 Å². The predicted octanol–water partition coefficient (Wildman–Crippen LogP) is 3.02. The number of thiophene rings is 1. The van der Waals surface area contributed by atoms with Crippen LogP contribution in [0.3, 0.4) is 0 Å². The van der Waals surface area contributed by atoms with Crippen molar-refractivity contribution in [1.82, 2.24) is 14.8 Å². The van der Waals surface area contributed by atoms with Gasteiger partial charge in [0.25, 0.3) is 5.91 Å². The van der Waals surface area contributed by atoms with Gasteiger partial charge in [-0.25, -0.2) is 0 Å². The minimum atomic E-state index is -0.460. The van der Waals surface area contributed by atoms with E-state index in [9.17, 15) is 9.59 Å². The molecule has 2 aromatic heterocycles. The van der Waals surface area contributed by atoms with Crippen LogP contribution >= 0.6 is 23.1 Å². The maximum Gasteiger partial charge on any atom is 0.251 e. The van der Waals surface area contributed by atoms with Gasteiger partial charge in [-0.3, -0.25) is 9.59 Å². The van der Waals surface area contributed by atoms with Crippen LogP contribution in [0, 0.1) is 5.92 Å². The maximum atomic E-state index is 12.6. The monoisotopic (exact) mass is 419 g/mol. The lowest BCUT2D eigenvalue weighted by atomic mass is 9.88. The first-order valence-corrected chi connectivity index (χ1v) is 11.6. The number of nitrogens with zero attached hydrogens (tertiary/aromatic N) is 3. The van der Waals surface area contributed by atoms with Crippen LogP contribution in [0.4, 0.5) is 5.00 Å². The number of primary amides is 1. The van der Waals surface area contributed by atoms with Crippen LogP contribution in [0.15, 0.2) is 5.16 Å². The number of anilines is 1. The van der Waals surface area contributed by atoms with Gasteiger partial charge in [0.1, 0.15) is 10.8 Å². The smallest absolute Gasteiger partial charge is 0.251 e. The molecule has 150 valence electrons. The van der Waals surface area contributed by atoms with Crippen molar-refractivity contribution in [1.29, 1.82) is 0 Å². The number of hydrogen-bond donors (Lipinski definition) is 2. The molecule has 1 aliphatic carbocycles. The van der Waals surface area contributed by atoms with Gasteiger partial charge in [-0.05, 0) is 43.6 Å². The van der Waals surface area contributed by atoms with Gasteiger partial charge in [-0.2, -0.15) is 0 Å². The number of nitrogens with two attached hydrogens (primary N) is 1. The predicted molar refractivity (Wildman–Crippen MR) is 111 cm³/mol. The first-order chi connectivity index (χ1) is 13.5. The lowest BCUT2D eigenvalue weighted by molar-refractivity contribution is -0.113. The molecule has 28 heavy (non-hydrogen) atoms. The molecule has 0 fully saturated rings. The molecule has 2 aromatic rings. The molecule has 0 spiro atoms. The van der Waals surface area contributed by atoms with Crippen LogP contribution in [0.25, 0.3) is 0 Å². The zero-order valence-electron chi connectivity index (χ0n) is 16.0. The summed E-state index contributed by atoms with van der Waals surface area (Å²) in [6, 6.07) is 0. The highest BCUT2D eigenvalue weighted by Crippen LogP contribution is 2.39. The fourth-order valence-corrected chi connectivity index (χ4v) is 6.17. The molecule has 2 amide bonds. The molecule has 0 saturated heterocycles. The van der Waals surface area contributed by atoms with E-state index in [1.165, 1.54) is 34.4 Å². The second-order valence-corrected chi connectivity index (χ2v) is 9.67. The maximum absolute atomic E-state index is 12.6. The Kier molecular flexibility index (Phi) is 5.73. The summed E-state index contributed by atoms with van der Waals surface area (Å²) in [5.74, 6) is 1.23. The normalized spacial score (nSPS) is 18.8. The second kappa shape index (κ2) is 8.24. The lowest BCUT2D eigenvalue weighted by Crippen LogP contribution is -2.20. The Bertz CT molecular complexity index is 905. The van der Waals surface area contributed by atoms with E-state index < -0.39 is 5.91 Å². The Balaban J connectivity index is 1.45. The van der Waals surface area contributed by atoms with Gasteiger partial charge in [-0.1, -0.05) is 25.1 Å². The van der Waals surface area contributed by atoms with Crippen LogP contribution in [-0.2, 0) is 30.6 Å². The Morgan fingerprint density at radius 3 is 2.96 bits per heavy atom. The molecule has 0 unspecified atom stereocenters. The average Bonchev–Trinajstić information content (AvgIpc) is 3.11. The van der Waals surface area contributed by atoms with Crippen molar-refractivity contribution in [2.24, 2.45) is 11.7 Å². The molecule has 3 N–H and O–H groups in total. The second-order valence-electron chi connectivity index (χ2n) is 7.62. The van der Waals surface area contributed by atoms with E-state index in [0.29, 0.717) is 16.5 Å². The zero-order valence-corrected chi connectivity index (χ0v) is 17.6. The molecule has 2 aliphatic rings. The fourth-order valence-electron chi connectivity index (χ4n) is 3.96. The van der Waals surface area contributed by atoms with Crippen LogP contribution in [-0.4, -0.2) is 32.3 Å². The van der Waals surface area contributed by atoms with E-state index in [2.05, 4.69) is 27.0 Å². The third-order valence-corrected chi connectivity index (χ3v) is 7.56. The van der Waals surface area contributed by atoms with E-state index in [0.717, 1.165) is 61.6 Å². The third-order valence-electron chi connectivity index (χ3n) is 5.42. The summed E-state index contributed by atoms with van der Waals surface area (Å²) in [6.45, 7) is 3.12. The van der Waals surface area contributed by atoms with Gasteiger partial charge in [0, 0.05) is 17.8 Å². The number of carbonyl (C=O) groups is 2. The molecule has 9 heteroatoms. The molecular formula is C19H25N5O2S2. The first kappa shape index (κ1) is 19.4. The molecule has 0 saturated carbocycles. The van der Waals surface area contributed by atoms with Crippen molar-refractivity contribution < 1.29 is 9.59 Å². The number of fused-ring (bicyclic) bond motifs is 2. The fraction of sp³-hybridized carbons (Fsp3) is 0.579. The highest BCUT2D eigenvalue weighted by molar-refractivity contribution is 7.99. The van der Waals surface area contributed by atoms with Crippen LogP contribution in [0.1, 0.15) is 59.2 Å². The summed E-state index contributed by atoms with van der Waals surface area (Å²) in [4.78, 5) is 25.7. The third kappa shape index (κ3) is 3.96. The van der Waals surface area contributed by atoms with Crippen molar-refractivity contribution in [2.75, 3.05) is 11.1 Å². The first-order valence-electron chi connectivity index (χ1n) is 9.82. The molecular weight excluding hydrogens is 394 g/mol. The topological polar surface area (TPSA) is 103 Å². The van der Waals surface area contributed by atoms with Crippen molar-refractivity contribution >= 4 is 39.9 Å². The van der Waals surface area contributed by atoms with Crippen LogP contribution < -0.4 is 11.1 Å². The van der Waals surface area contributed by atoms with Crippen molar-refractivity contribution in [3.63, 3.8) is 0 Å². The minimum Gasteiger partial charge on any atom is -0.365 e.